The molecule has 1 aliphatic rings. The molecule has 0 aliphatic carbocycles. The number of primary amides is 1. The predicted molar refractivity (Wildman–Crippen MR) is 301 cm³/mol. The minimum atomic E-state index is -1.52. The van der Waals surface area contributed by atoms with Crippen molar-refractivity contribution in [3.05, 3.63) is 114 Å². The number of amides is 8. The van der Waals surface area contributed by atoms with Gasteiger partial charge in [0, 0.05) is 41.4 Å². The van der Waals surface area contributed by atoms with Gasteiger partial charge in [-0.05, 0) is 97.2 Å². The number of aromatic amines is 1. The number of aliphatic hydroxyl groups excluding tert-OH is 1. The van der Waals surface area contributed by atoms with Crippen LogP contribution < -0.4 is 54.4 Å². The zero-order chi connectivity index (χ0) is 56.5. The molecular formula is C55H71N11O10S2. The summed E-state index contributed by atoms with van der Waals surface area (Å²) >= 11 is 0. The lowest BCUT2D eigenvalue weighted by Crippen LogP contribution is -2.61. The molecule has 9 atom stereocenters. The van der Waals surface area contributed by atoms with Gasteiger partial charge in [0.15, 0.2) is 0 Å². The van der Waals surface area contributed by atoms with Crippen molar-refractivity contribution in [3.63, 3.8) is 0 Å². The summed E-state index contributed by atoms with van der Waals surface area (Å²) in [4.78, 5) is 116. The summed E-state index contributed by atoms with van der Waals surface area (Å²) in [6.07, 6.45) is 1.08. The smallest absolute Gasteiger partial charge is 0.244 e. The Bertz CT molecular complexity index is 2900. The van der Waals surface area contributed by atoms with Crippen molar-refractivity contribution in [1.82, 2.24) is 42.2 Å². The van der Waals surface area contributed by atoms with Crippen molar-refractivity contribution in [3.8, 4) is 5.75 Å². The monoisotopic (exact) mass is 1110 g/mol. The van der Waals surface area contributed by atoms with Gasteiger partial charge >= 0.3 is 0 Å². The Morgan fingerprint density at radius 2 is 1.37 bits per heavy atom. The number of rotatable bonds is 17. The van der Waals surface area contributed by atoms with Crippen LogP contribution in [0.2, 0.25) is 0 Å². The lowest BCUT2D eigenvalue weighted by Gasteiger charge is -2.29. The minimum absolute atomic E-state index is 0.0423. The van der Waals surface area contributed by atoms with E-state index in [2.05, 4.69) is 42.2 Å². The number of phenols is 1. The number of aliphatic hydroxyl groups is 1. The van der Waals surface area contributed by atoms with E-state index in [9.17, 15) is 48.6 Å². The highest BCUT2D eigenvalue weighted by atomic mass is 33.1. The summed E-state index contributed by atoms with van der Waals surface area (Å²) in [7, 11) is 2.29. The Kier molecular flexibility index (Phi) is 22.3. The third-order valence-corrected chi connectivity index (χ3v) is 15.8. The van der Waals surface area contributed by atoms with Crippen LogP contribution in [0.3, 0.4) is 0 Å². The van der Waals surface area contributed by atoms with Crippen LogP contribution in [0.4, 0.5) is 0 Å². The number of carbonyl (C=O) groups excluding carboxylic acids is 8. The molecule has 0 radical (unpaired) electrons. The number of phenolic OH excluding ortho intramolecular Hbond substituents is 1. The summed E-state index contributed by atoms with van der Waals surface area (Å²) in [5, 5.41) is 42.3. The van der Waals surface area contributed by atoms with Crippen molar-refractivity contribution in [1.29, 1.82) is 0 Å². The Hall–Kier alpha value is -7.18. The first-order valence-electron chi connectivity index (χ1n) is 25.9. The van der Waals surface area contributed by atoms with Gasteiger partial charge in [-0.15, -0.1) is 0 Å². The fourth-order valence-corrected chi connectivity index (χ4v) is 11.2. The van der Waals surface area contributed by atoms with E-state index in [1.165, 1.54) is 29.9 Å². The highest BCUT2D eigenvalue weighted by molar-refractivity contribution is 8.76. The van der Waals surface area contributed by atoms with E-state index in [1.807, 2.05) is 66.7 Å². The molecule has 0 saturated carbocycles. The van der Waals surface area contributed by atoms with Gasteiger partial charge in [-0.2, -0.15) is 0 Å². The zero-order valence-electron chi connectivity index (χ0n) is 43.8. The molecule has 21 nitrogen and oxygen atoms in total. The van der Waals surface area contributed by atoms with E-state index in [1.54, 1.807) is 32.2 Å². The molecular weight excluding hydrogens is 1040 g/mol. The number of unbranched alkanes of at least 4 members (excludes halogenated alkanes) is 1. The van der Waals surface area contributed by atoms with E-state index in [0.717, 1.165) is 38.0 Å². The fraction of sp³-hybridized carbons (Fsp3) is 0.418. The normalized spacial score (nSPS) is 21.7. The molecule has 5 aromatic rings. The van der Waals surface area contributed by atoms with Crippen molar-refractivity contribution < 1.29 is 48.6 Å². The predicted octanol–water partition coefficient (Wildman–Crippen LogP) is 1.21. The first-order chi connectivity index (χ1) is 37.3. The molecule has 16 N–H and O–H groups in total. The number of hydrogen-bond donors (Lipinski definition) is 13. The molecule has 78 heavy (non-hydrogen) atoms. The Morgan fingerprint density at radius 3 is 2.06 bits per heavy atom. The standard InChI is InChI=1S/C55H71N11O10S2/c1-30(2)46-55(76)64-45(54(75)66-47(31(3)67)48(58)69)29-78-77-23-21-42(60-49(70)39(57)25-33-15-18-34-10-4-5-11-35(34)24-33)50(71)62-43(26-32-16-19-37(68)20-17-32)52(73)63-44(27-36-28-59-40-13-7-6-12-38(36)40)53(74)61-41(51(72)65-46)14-8-9-22-56/h4-7,10-13,15-20,24,28,30-31,39,41-47,59,67-68H,8-9,14,21-23,25-27,29,56-57H2,1-3H3,(H2,58,69)(H,60,70)(H,61,74)(H,62,71)(H,63,73)(H,64,76)(H,65,72)(H,66,75)/t31-,39-,41+,42+,43+,44-,45-,46+,47+/m1/s1. The average Bonchev–Trinajstić information content (AvgIpc) is 3.84. The summed E-state index contributed by atoms with van der Waals surface area (Å²) in [6.45, 7) is 4.88. The van der Waals surface area contributed by atoms with Crippen LogP contribution in [-0.4, -0.2) is 135 Å². The van der Waals surface area contributed by atoms with Gasteiger partial charge in [0.1, 0.15) is 48.0 Å². The third kappa shape index (κ3) is 17.2. The minimum Gasteiger partial charge on any atom is -0.508 e. The van der Waals surface area contributed by atoms with E-state index >= 15 is 0 Å². The maximum Gasteiger partial charge on any atom is 0.244 e. The van der Waals surface area contributed by atoms with Crippen LogP contribution in [0, 0.1) is 5.92 Å². The molecule has 418 valence electrons. The van der Waals surface area contributed by atoms with Gasteiger partial charge in [0.25, 0.3) is 0 Å². The van der Waals surface area contributed by atoms with Crippen LogP contribution in [0.15, 0.2) is 97.2 Å². The second-order valence-electron chi connectivity index (χ2n) is 19.8. The number of aromatic nitrogens is 1. The second-order valence-corrected chi connectivity index (χ2v) is 22.4. The maximum atomic E-state index is 14.9. The average molecular weight is 1110 g/mol. The largest absolute Gasteiger partial charge is 0.508 e. The van der Waals surface area contributed by atoms with Crippen LogP contribution in [0.5, 0.6) is 5.75 Å². The van der Waals surface area contributed by atoms with E-state index in [4.69, 9.17) is 17.2 Å². The van der Waals surface area contributed by atoms with Crippen LogP contribution >= 0.6 is 21.6 Å². The van der Waals surface area contributed by atoms with Gasteiger partial charge in [-0.25, -0.2) is 0 Å². The number of para-hydroxylation sites is 1. The van der Waals surface area contributed by atoms with Gasteiger partial charge in [0.05, 0.1) is 12.1 Å². The lowest BCUT2D eigenvalue weighted by atomic mass is 9.99. The van der Waals surface area contributed by atoms with Crippen LogP contribution in [0.25, 0.3) is 21.7 Å². The molecule has 4 aromatic carbocycles. The van der Waals surface area contributed by atoms with Crippen molar-refractivity contribution >= 4 is 90.5 Å². The number of hydrogen-bond acceptors (Lipinski definition) is 14. The molecule has 2 heterocycles. The molecule has 1 fully saturated rings. The zero-order valence-corrected chi connectivity index (χ0v) is 45.4. The van der Waals surface area contributed by atoms with Gasteiger partial charge < -0.3 is 69.6 Å². The SMILES string of the molecule is CC(C)[C@@H]1NC(=O)[C@H](CCCCN)NC(=O)[C@@H](Cc2c[nH]c3ccccc23)NC(=O)[C@H](Cc2ccc(O)cc2)NC(=O)[C@@H](NC(=O)[C@H](N)Cc2ccc3ccccc3c2)CCSSC[C@H](C(=O)N[C@H](C(N)=O)[C@@H](C)O)NC1=O. The Morgan fingerprint density at radius 1 is 0.731 bits per heavy atom. The molecule has 8 amide bonds. The van der Waals surface area contributed by atoms with Gasteiger partial charge in [-0.3, -0.25) is 38.4 Å². The molecule has 0 spiro atoms. The molecule has 0 bridgehead atoms. The number of carbonyl (C=O) groups is 8. The van der Waals surface area contributed by atoms with Crippen LogP contribution in [-0.2, 0) is 57.6 Å². The van der Waals surface area contributed by atoms with Crippen molar-refractivity contribution in [2.75, 3.05) is 18.1 Å². The number of aromatic hydroxyl groups is 1. The number of benzene rings is 4. The first-order valence-corrected chi connectivity index (χ1v) is 28.4. The van der Waals surface area contributed by atoms with Crippen molar-refractivity contribution in [2.24, 2.45) is 23.1 Å². The Balaban J connectivity index is 1.38. The third-order valence-electron chi connectivity index (χ3n) is 13.3. The second kappa shape index (κ2) is 29.0. The van der Waals surface area contributed by atoms with Crippen molar-refractivity contribution in [2.45, 2.75) is 120 Å². The van der Waals surface area contributed by atoms with E-state index in [0.29, 0.717) is 24.0 Å². The molecule has 6 rings (SSSR count). The summed E-state index contributed by atoms with van der Waals surface area (Å²) < 4.78 is 0. The highest BCUT2D eigenvalue weighted by Gasteiger charge is 2.36. The van der Waals surface area contributed by atoms with E-state index in [-0.39, 0.29) is 55.9 Å². The van der Waals surface area contributed by atoms with Gasteiger partial charge in [0.2, 0.25) is 47.3 Å². The summed E-state index contributed by atoms with van der Waals surface area (Å²) in [6, 6.07) is 16.2. The quantitative estimate of drug-likeness (QED) is 0.0460. The molecule has 1 saturated heterocycles. The number of fused-ring (bicyclic) bond motifs is 2. The molecule has 23 heteroatoms. The lowest BCUT2D eigenvalue weighted by molar-refractivity contribution is -0.136. The first kappa shape index (κ1) is 60.1. The number of H-pyrrole nitrogens is 1. The summed E-state index contributed by atoms with van der Waals surface area (Å²) in [5.41, 5.74) is 20.6. The Labute approximate surface area is 460 Å². The fourth-order valence-electron chi connectivity index (χ4n) is 8.90. The summed E-state index contributed by atoms with van der Waals surface area (Å²) in [5.74, 6) is -7.03. The molecule has 1 aliphatic heterocycles. The molecule has 0 unspecified atom stereocenters. The van der Waals surface area contributed by atoms with Crippen LogP contribution in [0.1, 0.15) is 63.1 Å². The van der Waals surface area contributed by atoms with Gasteiger partial charge in [-0.1, -0.05) is 108 Å². The number of nitrogens with one attached hydrogen (secondary N) is 8. The maximum absolute atomic E-state index is 14.9. The topological polar surface area (TPSA) is 355 Å². The highest BCUT2D eigenvalue weighted by Crippen LogP contribution is 2.25. The molecule has 1 aromatic heterocycles. The van der Waals surface area contributed by atoms with E-state index < -0.39 is 108 Å². The number of nitrogens with two attached hydrogens (primary N) is 3.